The fraction of sp³-hybridized carbons (Fsp3) is 0.400. The van der Waals surface area contributed by atoms with Crippen LogP contribution in [-0.4, -0.2) is 35.1 Å². The van der Waals surface area contributed by atoms with Crippen LogP contribution in [0, 0.1) is 0 Å². The van der Waals surface area contributed by atoms with Crippen molar-refractivity contribution in [2.45, 2.75) is 57.0 Å². The Labute approximate surface area is 200 Å². The van der Waals surface area contributed by atoms with Crippen LogP contribution >= 0.6 is 11.3 Å². The van der Waals surface area contributed by atoms with Gasteiger partial charge in [0.25, 0.3) is 0 Å². The number of nitrogens with one attached hydrogen (secondary N) is 2. The van der Waals surface area contributed by atoms with E-state index in [9.17, 15) is 19.5 Å². The molecule has 1 aromatic carbocycles. The number of rotatable bonds is 6. The van der Waals surface area contributed by atoms with Crippen molar-refractivity contribution in [2.75, 3.05) is 7.11 Å². The molecule has 5 rings (SSSR count). The molecule has 2 aliphatic rings. The molecule has 9 heteroatoms. The van der Waals surface area contributed by atoms with Gasteiger partial charge in [0.2, 0.25) is 11.3 Å². The van der Waals surface area contributed by atoms with Crippen LogP contribution in [0.5, 0.6) is 5.75 Å². The number of hydrogen-bond acceptors (Lipinski definition) is 6. The van der Waals surface area contributed by atoms with E-state index in [0.29, 0.717) is 22.6 Å². The van der Waals surface area contributed by atoms with E-state index >= 15 is 0 Å². The number of aromatic amines is 1. The summed E-state index contributed by atoms with van der Waals surface area (Å²) in [4.78, 5) is 42.0. The van der Waals surface area contributed by atoms with Gasteiger partial charge in [0.15, 0.2) is 5.75 Å². The number of amides is 1. The third kappa shape index (κ3) is 3.78. The monoisotopic (exact) mass is 481 g/mol. The van der Waals surface area contributed by atoms with E-state index in [1.54, 1.807) is 25.4 Å². The van der Waals surface area contributed by atoms with Crippen LogP contribution in [0.15, 0.2) is 23.1 Å². The Balaban J connectivity index is 1.69. The summed E-state index contributed by atoms with van der Waals surface area (Å²) in [6.07, 6.45) is 6.03. The number of hydrogen-bond donors (Lipinski definition) is 4. The zero-order valence-corrected chi connectivity index (χ0v) is 19.9. The number of nitrogens with two attached hydrogens (primary N) is 1. The van der Waals surface area contributed by atoms with Crippen LogP contribution in [0.2, 0.25) is 0 Å². The molecule has 5 N–H and O–H groups in total. The van der Waals surface area contributed by atoms with E-state index in [1.807, 2.05) is 6.07 Å². The van der Waals surface area contributed by atoms with Crippen molar-refractivity contribution in [1.82, 2.24) is 10.3 Å². The van der Waals surface area contributed by atoms with Crippen molar-refractivity contribution in [2.24, 2.45) is 5.73 Å². The van der Waals surface area contributed by atoms with E-state index in [-0.39, 0.29) is 17.5 Å². The highest BCUT2D eigenvalue weighted by molar-refractivity contribution is 7.15. The molecule has 0 saturated heterocycles. The Kier molecular flexibility index (Phi) is 5.69. The van der Waals surface area contributed by atoms with Gasteiger partial charge < -0.3 is 25.9 Å². The number of benzene rings is 1. The molecule has 1 amide bonds. The fourth-order valence-electron chi connectivity index (χ4n) is 4.82. The zero-order chi connectivity index (χ0) is 24.1. The van der Waals surface area contributed by atoms with Crippen LogP contribution in [0.25, 0.3) is 21.3 Å². The minimum atomic E-state index is -1.26. The molecule has 1 saturated carbocycles. The van der Waals surface area contributed by atoms with E-state index < -0.39 is 17.4 Å². The molecular weight excluding hydrogens is 454 g/mol. The maximum atomic E-state index is 12.9. The lowest BCUT2D eigenvalue weighted by molar-refractivity contribution is -0.122. The van der Waals surface area contributed by atoms with Crippen LogP contribution in [0.4, 0.5) is 0 Å². The largest absolute Gasteiger partial charge is 0.494 e. The summed E-state index contributed by atoms with van der Waals surface area (Å²) in [5.74, 6) is -0.582. The normalized spacial score (nSPS) is 18.4. The number of aromatic nitrogens is 1. The fourth-order valence-corrected chi connectivity index (χ4v) is 6.15. The van der Waals surface area contributed by atoms with Crippen molar-refractivity contribution < 1.29 is 19.4 Å². The number of fused-ring (bicyclic) bond motifs is 2. The van der Waals surface area contributed by atoms with Crippen LogP contribution in [0.1, 0.15) is 70.9 Å². The molecule has 2 heterocycles. The average Bonchev–Trinajstić information content (AvgIpc) is 3.56. The van der Waals surface area contributed by atoms with Gasteiger partial charge in [-0.05, 0) is 68.2 Å². The number of H-pyrrole nitrogens is 1. The maximum Gasteiger partial charge on any atom is 0.341 e. The Morgan fingerprint density at radius 2 is 2.03 bits per heavy atom. The predicted molar refractivity (Wildman–Crippen MR) is 131 cm³/mol. The van der Waals surface area contributed by atoms with Crippen molar-refractivity contribution >= 4 is 34.1 Å². The molecule has 2 atom stereocenters. The quantitative estimate of drug-likeness (QED) is 0.424. The molecule has 0 spiro atoms. The SMILES string of the molecule is COc1c(-c2cc3c(s2)CCCC3NC(=O)[C@@H](C)N)c(C2CC2)cc2c(=O)c(C(=O)O)c[nH]c12. The minimum absolute atomic E-state index is 0.0824. The lowest BCUT2D eigenvalue weighted by atomic mass is 9.91. The number of aryl methyl sites for hydroxylation is 1. The van der Waals surface area contributed by atoms with E-state index in [0.717, 1.165) is 53.7 Å². The van der Waals surface area contributed by atoms with Crippen molar-refractivity contribution in [3.8, 4) is 16.2 Å². The van der Waals surface area contributed by atoms with Crippen LogP contribution in [0.3, 0.4) is 0 Å². The third-order valence-corrected chi connectivity index (χ3v) is 7.93. The first-order valence-corrected chi connectivity index (χ1v) is 12.3. The number of methoxy groups -OCH3 is 1. The first-order valence-electron chi connectivity index (χ1n) is 11.5. The summed E-state index contributed by atoms with van der Waals surface area (Å²) >= 11 is 1.69. The third-order valence-electron chi connectivity index (χ3n) is 6.70. The summed E-state index contributed by atoms with van der Waals surface area (Å²) in [6.45, 7) is 1.68. The Bertz CT molecular complexity index is 1370. The molecule has 0 radical (unpaired) electrons. The van der Waals surface area contributed by atoms with Gasteiger partial charge in [-0.25, -0.2) is 4.79 Å². The molecule has 0 bridgehead atoms. The van der Waals surface area contributed by atoms with Gasteiger partial charge in [-0.15, -0.1) is 11.3 Å². The molecule has 178 valence electrons. The Morgan fingerprint density at radius 3 is 2.68 bits per heavy atom. The summed E-state index contributed by atoms with van der Waals surface area (Å²) < 4.78 is 5.84. The summed E-state index contributed by atoms with van der Waals surface area (Å²) in [6, 6.07) is 3.31. The van der Waals surface area contributed by atoms with E-state index in [2.05, 4.69) is 16.4 Å². The number of pyridine rings is 1. The van der Waals surface area contributed by atoms with Gasteiger partial charge in [0.1, 0.15) is 5.56 Å². The zero-order valence-electron chi connectivity index (χ0n) is 19.1. The van der Waals surface area contributed by atoms with Gasteiger partial charge >= 0.3 is 5.97 Å². The summed E-state index contributed by atoms with van der Waals surface area (Å²) in [5.41, 5.74) is 8.51. The molecule has 2 aliphatic carbocycles. The number of carboxylic acid groups (broad SMARTS) is 1. The summed E-state index contributed by atoms with van der Waals surface area (Å²) in [5, 5.41) is 12.8. The number of carbonyl (C=O) groups is 2. The highest BCUT2D eigenvalue weighted by Crippen LogP contribution is 2.52. The first-order chi connectivity index (χ1) is 16.3. The molecule has 8 nitrogen and oxygen atoms in total. The molecule has 2 aromatic heterocycles. The molecule has 1 unspecified atom stereocenters. The van der Waals surface area contributed by atoms with Crippen molar-refractivity contribution in [3.63, 3.8) is 0 Å². The lowest BCUT2D eigenvalue weighted by Crippen LogP contribution is -2.40. The first kappa shape index (κ1) is 22.6. The Hall–Kier alpha value is -3.17. The smallest absolute Gasteiger partial charge is 0.341 e. The predicted octanol–water partition coefficient (Wildman–Crippen LogP) is 3.68. The van der Waals surface area contributed by atoms with Crippen molar-refractivity contribution in [3.05, 3.63) is 50.1 Å². The van der Waals surface area contributed by atoms with Gasteiger partial charge in [0, 0.05) is 21.5 Å². The molecule has 0 aliphatic heterocycles. The Morgan fingerprint density at radius 1 is 1.26 bits per heavy atom. The number of aromatic carboxylic acids is 1. The second kappa shape index (κ2) is 8.56. The van der Waals surface area contributed by atoms with Crippen LogP contribution < -0.4 is 21.2 Å². The molecule has 3 aromatic rings. The van der Waals surface area contributed by atoms with Crippen molar-refractivity contribution in [1.29, 1.82) is 0 Å². The number of carboxylic acids is 1. The number of carbonyl (C=O) groups excluding carboxylic acids is 1. The van der Waals surface area contributed by atoms with Gasteiger partial charge in [0.05, 0.1) is 30.1 Å². The lowest BCUT2D eigenvalue weighted by Gasteiger charge is -2.24. The minimum Gasteiger partial charge on any atom is -0.494 e. The van der Waals surface area contributed by atoms with Crippen LogP contribution in [-0.2, 0) is 11.2 Å². The average molecular weight is 482 g/mol. The van der Waals surface area contributed by atoms with Gasteiger partial charge in [-0.2, -0.15) is 0 Å². The maximum absolute atomic E-state index is 12.9. The van der Waals surface area contributed by atoms with Gasteiger partial charge in [-0.1, -0.05) is 0 Å². The van der Waals surface area contributed by atoms with Gasteiger partial charge in [-0.3, -0.25) is 9.59 Å². The number of ether oxygens (including phenoxy) is 1. The topological polar surface area (TPSA) is 135 Å². The molecule has 1 fully saturated rings. The summed E-state index contributed by atoms with van der Waals surface area (Å²) in [7, 11) is 1.57. The highest BCUT2D eigenvalue weighted by Gasteiger charge is 2.33. The standard InChI is InChI=1S/C25H27N3O5S/c1-11(26)24(30)28-17-4-3-5-18-14(17)9-19(34-18)20-13(12-6-7-12)8-15-21(23(20)33-2)27-10-16(22(15)29)25(31)32/h8-12,17H,3-7,26H2,1-2H3,(H,27,29)(H,28,30)(H,31,32)/t11-,17?/m1/s1. The highest BCUT2D eigenvalue weighted by atomic mass is 32.1. The second-order valence-corrected chi connectivity index (χ2v) is 10.3. The second-order valence-electron chi connectivity index (χ2n) is 9.14. The molecule has 34 heavy (non-hydrogen) atoms. The van der Waals surface area contributed by atoms with E-state index in [4.69, 9.17) is 10.5 Å². The molecular formula is C25H27N3O5S. The van der Waals surface area contributed by atoms with E-state index in [1.165, 1.54) is 11.1 Å². The number of thiophene rings is 1.